The third kappa shape index (κ3) is 8.82. The van der Waals surface area contributed by atoms with Crippen molar-refractivity contribution in [2.24, 2.45) is 0 Å². The molecule has 4 heteroatoms. The van der Waals surface area contributed by atoms with Crippen molar-refractivity contribution >= 4 is 24.4 Å². The summed E-state index contributed by atoms with van der Waals surface area (Å²) in [4.78, 5) is 0. The largest absolute Gasteiger partial charge is 0 e. The maximum atomic E-state index is 0. The van der Waals surface area contributed by atoms with Crippen molar-refractivity contribution < 1.29 is 52.7 Å². The summed E-state index contributed by atoms with van der Waals surface area (Å²) in [5.74, 6) is 0. The van der Waals surface area contributed by atoms with E-state index in [2.05, 4.69) is 0 Å². The van der Waals surface area contributed by atoms with Gasteiger partial charge in [-0.1, -0.05) is 0 Å². The molecule has 0 nitrogen and oxygen atoms in total. The van der Waals surface area contributed by atoms with Crippen LogP contribution in [0.1, 0.15) is 0 Å². The summed E-state index contributed by atoms with van der Waals surface area (Å²) in [5.41, 5.74) is 0. The molecule has 0 atom stereocenters. The molecular weight excluding hydrogens is 305 g/mol. The molecule has 0 aliphatic heterocycles. The maximum Gasteiger partial charge on any atom is 0 e. The van der Waals surface area contributed by atoms with Crippen molar-refractivity contribution in [2.75, 3.05) is 0 Å². The Labute approximate surface area is 76.2 Å². The van der Waals surface area contributed by atoms with E-state index in [1.54, 1.807) is 0 Å². The van der Waals surface area contributed by atoms with Gasteiger partial charge in [0.05, 0.1) is 0 Å². The molecule has 0 aliphatic carbocycles. The molecule has 0 rings (SSSR count). The SMILES string of the molecule is [Co].[Ni].[SbH3].[Zn]. The van der Waals surface area contributed by atoms with Crippen molar-refractivity contribution in [2.45, 2.75) is 0 Å². The molecule has 0 aromatic heterocycles. The van der Waals surface area contributed by atoms with E-state index < -0.39 is 0 Å². The zero-order valence-electron chi connectivity index (χ0n) is 2.06. The molecular formula is H3CoNiSbZn. The van der Waals surface area contributed by atoms with Crippen molar-refractivity contribution in [3.8, 4) is 0 Å². The Morgan fingerprint density at radius 2 is 1.00 bits per heavy atom. The molecule has 4 heavy (non-hydrogen) atoms. The molecule has 1 radical (unpaired) electrons. The average molecular weight is 308 g/mol. The Morgan fingerprint density at radius 3 is 1.00 bits per heavy atom. The minimum absolute atomic E-state index is 0. The molecule has 0 aromatic carbocycles. The van der Waals surface area contributed by atoms with Gasteiger partial charge in [-0.15, -0.1) is 0 Å². The van der Waals surface area contributed by atoms with Crippen LogP contribution in [0.4, 0.5) is 0 Å². The first kappa shape index (κ1) is 32.0. The second-order valence-corrected chi connectivity index (χ2v) is 0. The summed E-state index contributed by atoms with van der Waals surface area (Å²) in [6.45, 7) is 0. The Hall–Kier alpha value is 2.44. The monoisotopic (exact) mass is 305 g/mol. The molecule has 0 amide bonds. The number of hydrogen-bond acceptors (Lipinski definition) is 0. The van der Waals surface area contributed by atoms with Crippen molar-refractivity contribution in [1.82, 2.24) is 0 Å². The molecule has 0 N–H and O–H groups in total. The normalized spacial score (nSPS) is 0. The van der Waals surface area contributed by atoms with Crippen LogP contribution < -0.4 is 0 Å². The van der Waals surface area contributed by atoms with Crippen LogP contribution in [0.5, 0.6) is 0 Å². The third-order valence-electron chi connectivity index (χ3n) is 0. The van der Waals surface area contributed by atoms with Gasteiger partial charge >= 0.3 is 24.4 Å². The van der Waals surface area contributed by atoms with Gasteiger partial charge in [0.25, 0.3) is 0 Å². The Morgan fingerprint density at radius 1 is 1.00 bits per heavy atom. The molecule has 0 fully saturated rings. The van der Waals surface area contributed by atoms with Crippen molar-refractivity contribution in [1.29, 1.82) is 0 Å². The van der Waals surface area contributed by atoms with Crippen LogP contribution in [-0.4, -0.2) is 24.4 Å². The van der Waals surface area contributed by atoms with E-state index >= 15 is 0 Å². The predicted molar refractivity (Wildman–Crippen MR) is 9.94 cm³/mol. The van der Waals surface area contributed by atoms with Gasteiger partial charge in [0.1, 0.15) is 0 Å². The first-order valence-corrected chi connectivity index (χ1v) is 0. The van der Waals surface area contributed by atoms with Crippen molar-refractivity contribution in [3.63, 3.8) is 0 Å². The van der Waals surface area contributed by atoms with E-state index in [9.17, 15) is 0 Å². The van der Waals surface area contributed by atoms with E-state index in [1.807, 2.05) is 0 Å². The summed E-state index contributed by atoms with van der Waals surface area (Å²) in [6.07, 6.45) is 0. The summed E-state index contributed by atoms with van der Waals surface area (Å²) in [6, 6.07) is 0. The Balaban J connectivity index is 0. The third-order valence-corrected chi connectivity index (χ3v) is 0. The topological polar surface area (TPSA) is 0 Å². The predicted octanol–water partition coefficient (Wildman–Crippen LogP) is -1.19. The van der Waals surface area contributed by atoms with Gasteiger partial charge < -0.3 is 0 Å². The first-order chi connectivity index (χ1) is 0. The van der Waals surface area contributed by atoms with Gasteiger partial charge in [-0.05, 0) is 0 Å². The molecule has 0 aromatic rings. The van der Waals surface area contributed by atoms with Crippen LogP contribution in [0, 0.1) is 0 Å². The van der Waals surface area contributed by atoms with Gasteiger partial charge in [-0.25, -0.2) is 0 Å². The Kier molecular flexibility index (Phi) is 144. The van der Waals surface area contributed by atoms with E-state index in [1.165, 1.54) is 0 Å². The minimum Gasteiger partial charge on any atom is 0 e. The van der Waals surface area contributed by atoms with Gasteiger partial charge in [-0.3, -0.25) is 0 Å². The molecule has 0 unspecified atom stereocenters. The number of rotatable bonds is 0. The molecule has 0 spiro atoms. The second-order valence-electron chi connectivity index (χ2n) is 0. The molecule has 0 bridgehead atoms. The first-order valence-electron chi connectivity index (χ1n) is 0. The number of hydrogen-bond donors (Lipinski definition) is 0. The van der Waals surface area contributed by atoms with Crippen LogP contribution in [-0.2, 0) is 52.7 Å². The Bertz CT molecular complexity index is 8.00. The zero-order valence-corrected chi connectivity index (χ0v) is 11.1. The van der Waals surface area contributed by atoms with Crippen LogP contribution in [0.25, 0.3) is 0 Å². The standard InChI is InChI=1S/Co.Ni.Sb.Zn.3H. The van der Waals surface area contributed by atoms with Gasteiger partial charge in [0.2, 0.25) is 0 Å². The minimum atomic E-state index is 0. The van der Waals surface area contributed by atoms with E-state index in [0.717, 1.165) is 0 Å². The van der Waals surface area contributed by atoms with Crippen LogP contribution in [0.2, 0.25) is 0 Å². The average Bonchev–Trinajstić information content (AvgIpc) is 0. The van der Waals surface area contributed by atoms with E-state index in [-0.39, 0.29) is 77.2 Å². The summed E-state index contributed by atoms with van der Waals surface area (Å²) in [5, 5.41) is 0. The zero-order chi connectivity index (χ0) is 0. The van der Waals surface area contributed by atoms with Gasteiger partial charge in [-0.2, -0.15) is 0 Å². The molecule has 0 aliphatic rings. The van der Waals surface area contributed by atoms with E-state index in [4.69, 9.17) is 0 Å². The maximum absolute atomic E-state index is 0. The van der Waals surface area contributed by atoms with E-state index in [0.29, 0.717) is 0 Å². The van der Waals surface area contributed by atoms with Gasteiger partial charge in [0, 0.05) is 52.7 Å². The quantitative estimate of drug-likeness (QED) is 0.494. The fourth-order valence-electron chi connectivity index (χ4n) is 0. The van der Waals surface area contributed by atoms with Crippen LogP contribution in [0.3, 0.4) is 0 Å². The fourth-order valence-corrected chi connectivity index (χ4v) is 0. The summed E-state index contributed by atoms with van der Waals surface area (Å²) >= 11 is 0. The smallest absolute Gasteiger partial charge is 0 e. The summed E-state index contributed by atoms with van der Waals surface area (Å²) in [7, 11) is 0. The van der Waals surface area contributed by atoms with Crippen LogP contribution >= 0.6 is 0 Å². The molecule has 0 saturated carbocycles. The summed E-state index contributed by atoms with van der Waals surface area (Å²) < 4.78 is 0. The molecule has 29 valence electrons. The fraction of sp³-hybridized carbons (Fsp3) is 0. The van der Waals surface area contributed by atoms with Crippen molar-refractivity contribution in [3.05, 3.63) is 0 Å². The van der Waals surface area contributed by atoms with Gasteiger partial charge in [0.15, 0.2) is 0 Å². The van der Waals surface area contributed by atoms with Crippen LogP contribution in [0.15, 0.2) is 0 Å². The molecule has 0 heterocycles. The molecule has 0 saturated heterocycles. The second kappa shape index (κ2) is 18.0.